The molecule has 2 aliphatic rings. The number of hydrogen-bond donors (Lipinski definition) is 2. The second-order valence-electron chi connectivity index (χ2n) is 20.4. The molecule has 8 aromatic carbocycles. The van der Waals surface area contributed by atoms with Gasteiger partial charge in [-0.2, -0.15) is 0 Å². The molecule has 2 atom stereocenters. The van der Waals surface area contributed by atoms with E-state index in [0.29, 0.717) is 46.9 Å². The molecule has 13 nitrogen and oxygen atoms in total. The summed E-state index contributed by atoms with van der Waals surface area (Å²) in [6, 6.07) is 77.7. The molecule has 1 fully saturated rings. The van der Waals surface area contributed by atoms with E-state index < -0.39 is 46.4 Å². The highest BCUT2D eigenvalue weighted by molar-refractivity contribution is 8.07. The van der Waals surface area contributed by atoms with Gasteiger partial charge in [-0.05, 0) is 27.8 Å². The third kappa shape index (κ3) is 11.2. The molecule has 2 N–H and O–H groups in total. The monoisotopic (exact) mass is 1250 g/mol. The fraction of sp³-hybridized carbons (Fsp3) is 0.0857. The lowest BCUT2D eigenvalue weighted by Gasteiger charge is -2.49. The van der Waals surface area contributed by atoms with Crippen LogP contribution >= 0.6 is 57.8 Å². The molecule has 0 saturated carbocycles. The minimum absolute atomic E-state index is 0.0208. The number of ether oxygens (including phenoxy) is 1. The van der Waals surface area contributed by atoms with Gasteiger partial charge in [0.15, 0.2) is 16.9 Å². The fourth-order valence-electron chi connectivity index (χ4n) is 11.1. The minimum Gasteiger partial charge on any atom is -0.448 e. The van der Waals surface area contributed by atoms with Crippen LogP contribution in [0.2, 0.25) is 4.34 Å². The van der Waals surface area contributed by atoms with Crippen LogP contribution in [-0.4, -0.2) is 60.5 Å². The van der Waals surface area contributed by atoms with Crippen molar-refractivity contribution in [3.8, 4) is 0 Å². The zero-order chi connectivity index (χ0) is 60.0. The Kier molecular flexibility index (Phi) is 16.7. The Hall–Kier alpha value is -9.49. The topological polar surface area (TPSA) is 165 Å². The van der Waals surface area contributed by atoms with Crippen molar-refractivity contribution in [1.82, 2.24) is 25.2 Å². The summed E-state index contributed by atoms with van der Waals surface area (Å²) in [6.07, 6.45) is 2.11. The number of anilines is 1. The SMILES string of the molecule is O=C(NC1C(=O)N2C(C(=O)OC(c3ccccc3)c3ccccc3)=C(Sc3cc(=O)c4nccnc4s3)CS[C@@H]12)C(=NOC(c1ccccc1)(c1ccccc1)c1ccccc1)c1nc(NC(c2ccccc2)(c2ccccc2)c2ccccc2)sc1Cl. The van der Waals surface area contributed by atoms with Crippen molar-refractivity contribution < 1.29 is 24.0 Å². The second kappa shape index (κ2) is 25.5. The summed E-state index contributed by atoms with van der Waals surface area (Å²) >= 11 is 12.3. The number of carbonyl (C=O) groups is 3. The highest BCUT2D eigenvalue weighted by Gasteiger charge is 2.55. The smallest absolute Gasteiger partial charge is 0.356 e. The van der Waals surface area contributed by atoms with Crippen molar-refractivity contribution in [2.24, 2.45) is 5.16 Å². The summed E-state index contributed by atoms with van der Waals surface area (Å²) in [5, 5.41) is 11.2. The van der Waals surface area contributed by atoms with E-state index in [1.807, 2.05) is 243 Å². The van der Waals surface area contributed by atoms with Gasteiger partial charge in [0.25, 0.3) is 11.8 Å². The molecular weight excluding hydrogens is 1200 g/mol. The number of oxime groups is 1. The standard InChI is InChI=1S/C70H50ClN7O6S4/c71-62-57(75-68(88-62)76-69(47-29-13-3-14-30-47,48-31-15-4-16-32-48)49-33-17-5-18-34-49)58(77-84-70(50-35-19-6-20-36-50,51-37-21-7-22-38-51)52-39-23-8-24-40-52)63(80)74-59-65(81)78-60(67(82)83-61(45-25-9-1-10-26-45)46-27-11-2-12-28-46)54(44-85-66(59)78)86-55-43-53(79)56-64(87-55)73-42-41-72-56/h1-43,59,61,66H,44H2,(H,74,80)(H,75,76)/t59?,66-/m0/s1. The molecule has 0 bridgehead atoms. The molecule has 2 aliphatic heterocycles. The zero-order valence-corrected chi connectivity index (χ0v) is 50.5. The summed E-state index contributed by atoms with van der Waals surface area (Å²) in [6.45, 7) is 0. The van der Waals surface area contributed by atoms with Crippen LogP contribution in [0.5, 0.6) is 0 Å². The summed E-state index contributed by atoms with van der Waals surface area (Å²) in [5.74, 6) is -2.02. The fourth-order valence-corrected chi connectivity index (χ4v) is 15.9. The number of thioether (sulfide) groups is 2. The van der Waals surface area contributed by atoms with Crippen LogP contribution in [0.1, 0.15) is 56.3 Å². The molecule has 5 heterocycles. The maximum atomic E-state index is 15.8. The van der Waals surface area contributed by atoms with Crippen LogP contribution in [0.4, 0.5) is 5.13 Å². The van der Waals surface area contributed by atoms with Crippen molar-refractivity contribution >= 4 is 96.8 Å². The summed E-state index contributed by atoms with van der Waals surface area (Å²) in [4.78, 5) is 82.7. The lowest BCUT2D eigenvalue weighted by Crippen LogP contribution is -2.71. The van der Waals surface area contributed by atoms with Gasteiger partial charge < -0.3 is 20.2 Å². The van der Waals surface area contributed by atoms with Crippen LogP contribution in [0.3, 0.4) is 0 Å². The number of hydrogen-bond acceptors (Lipinski definition) is 15. The lowest BCUT2D eigenvalue weighted by atomic mass is 9.77. The predicted molar refractivity (Wildman–Crippen MR) is 349 cm³/mol. The Labute approximate surface area is 527 Å². The number of carbonyl (C=O) groups excluding carboxylic acids is 3. The van der Waals surface area contributed by atoms with Crippen molar-refractivity contribution in [3.05, 3.63) is 336 Å². The van der Waals surface area contributed by atoms with Gasteiger partial charge in [0, 0.05) is 45.8 Å². The highest BCUT2D eigenvalue weighted by Crippen LogP contribution is 2.48. The number of aromatic nitrogens is 3. The molecule has 3 aromatic heterocycles. The van der Waals surface area contributed by atoms with E-state index in [0.717, 1.165) is 28.0 Å². The van der Waals surface area contributed by atoms with Gasteiger partial charge in [0.2, 0.25) is 11.0 Å². The Morgan fingerprint density at radius 1 is 0.625 bits per heavy atom. The largest absolute Gasteiger partial charge is 0.448 e. The van der Waals surface area contributed by atoms with Gasteiger partial charge in [0.05, 0.1) is 4.21 Å². The van der Waals surface area contributed by atoms with E-state index in [2.05, 4.69) is 20.6 Å². The summed E-state index contributed by atoms with van der Waals surface area (Å²) in [7, 11) is 0. The zero-order valence-electron chi connectivity index (χ0n) is 46.5. The van der Waals surface area contributed by atoms with E-state index in [1.54, 1.807) is 0 Å². The van der Waals surface area contributed by atoms with Gasteiger partial charge in [-0.25, -0.2) is 19.7 Å². The van der Waals surface area contributed by atoms with Crippen molar-refractivity contribution in [1.29, 1.82) is 0 Å². The number of nitrogens with zero attached hydrogens (tertiary/aromatic N) is 5. The summed E-state index contributed by atoms with van der Waals surface area (Å²) in [5.41, 5.74) is 3.27. The van der Waals surface area contributed by atoms with Crippen molar-refractivity contribution in [2.45, 2.75) is 32.9 Å². The number of nitrogens with one attached hydrogen (secondary N) is 2. The van der Waals surface area contributed by atoms with E-state index in [4.69, 9.17) is 31.3 Å². The number of rotatable bonds is 19. The molecule has 2 amide bonds. The first kappa shape index (κ1) is 57.6. The molecule has 1 unspecified atom stereocenters. The second-order valence-corrected chi connectivity index (χ2v) is 25.5. The van der Waals surface area contributed by atoms with Gasteiger partial charge >= 0.3 is 5.97 Å². The number of benzene rings is 8. The Balaban J connectivity index is 0.911. The summed E-state index contributed by atoms with van der Waals surface area (Å²) < 4.78 is 7.13. The molecule has 0 radical (unpaired) electrons. The normalized spacial score (nSPS) is 15.1. The van der Waals surface area contributed by atoms with Crippen LogP contribution in [0, 0.1) is 0 Å². The van der Waals surface area contributed by atoms with Crippen LogP contribution in [0.15, 0.2) is 286 Å². The molecule has 88 heavy (non-hydrogen) atoms. The first-order chi connectivity index (χ1) is 43.2. The number of halogens is 1. The third-order valence-electron chi connectivity index (χ3n) is 15.2. The number of thiazole rings is 1. The third-order valence-corrected chi connectivity index (χ3v) is 20.0. The van der Waals surface area contributed by atoms with Gasteiger partial charge in [-0.3, -0.25) is 19.3 Å². The van der Waals surface area contributed by atoms with E-state index in [-0.39, 0.29) is 38.1 Å². The van der Waals surface area contributed by atoms with Crippen molar-refractivity contribution in [3.63, 3.8) is 0 Å². The number of β-lactam (4-membered cyclic amide) rings is 1. The molecule has 1 saturated heterocycles. The quantitative estimate of drug-likeness (QED) is 0.0259. The molecule has 0 aliphatic carbocycles. The van der Waals surface area contributed by atoms with E-state index in [1.165, 1.54) is 58.2 Å². The van der Waals surface area contributed by atoms with Gasteiger partial charge in [-0.15, -0.1) is 23.1 Å². The molecular formula is C70H50ClN7O6S4. The molecule has 432 valence electrons. The first-order valence-corrected chi connectivity index (χ1v) is 31.8. The predicted octanol–water partition coefficient (Wildman–Crippen LogP) is 14.0. The molecule has 11 aromatic rings. The maximum absolute atomic E-state index is 15.8. The molecule has 0 spiro atoms. The van der Waals surface area contributed by atoms with Crippen molar-refractivity contribution in [2.75, 3.05) is 11.1 Å². The average molecular weight is 1250 g/mol. The van der Waals surface area contributed by atoms with Crippen LogP contribution in [0.25, 0.3) is 10.3 Å². The minimum atomic E-state index is -1.46. The number of esters is 1. The Bertz CT molecular complexity index is 4210. The van der Waals surface area contributed by atoms with E-state index in [9.17, 15) is 4.79 Å². The van der Waals surface area contributed by atoms with Gasteiger partial charge in [0.1, 0.15) is 43.0 Å². The maximum Gasteiger partial charge on any atom is 0.356 e. The van der Waals surface area contributed by atoms with Crippen LogP contribution < -0.4 is 16.1 Å². The van der Waals surface area contributed by atoms with Crippen LogP contribution in [-0.2, 0) is 35.1 Å². The van der Waals surface area contributed by atoms with Gasteiger partial charge in [-0.1, -0.05) is 283 Å². The van der Waals surface area contributed by atoms with E-state index >= 15 is 14.4 Å². The highest BCUT2D eigenvalue weighted by atomic mass is 35.5. The average Bonchev–Trinajstić information content (AvgIpc) is 1.72. The first-order valence-electron chi connectivity index (χ1n) is 28.0. The molecule has 18 heteroatoms. The molecule has 13 rings (SSSR count). The number of amides is 2. The number of fused-ring (bicyclic) bond motifs is 2. The Morgan fingerprint density at radius 3 is 1.59 bits per heavy atom. The Morgan fingerprint density at radius 2 is 1.09 bits per heavy atom. The lowest BCUT2D eigenvalue weighted by molar-refractivity contribution is -0.154.